The van der Waals surface area contributed by atoms with Crippen molar-refractivity contribution in [1.29, 1.82) is 0 Å². The van der Waals surface area contributed by atoms with Crippen LogP contribution in [-0.2, 0) is 12.0 Å². The lowest BCUT2D eigenvalue weighted by Crippen LogP contribution is -2.29. The highest BCUT2D eigenvalue weighted by Crippen LogP contribution is 2.57. The van der Waals surface area contributed by atoms with Crippen molar-refractivity contribution in [3.8, 4) is 33.4 Å². The van der Waals surface area contributed by atoms with E-state index < -0.39 is 5.41 Å². The van der Waals surface area contributed by atoms with Gasteiger partial charge in [-0.2, -0.15) is 0 Å². The molecule has 1 unspecified atom stereocenters. The normalized spacial score (nSPS) is 15.5. The molecule has 0 heterocycles. The summed E-state index contributed by atoms with van der Waals surface area (Å²) in [5, 5.41) is 2.86. The smallest absolute Gasteiger partial charge is 0.0713 e. The van der Waals surface area contributed by atoms with Gasteiger partial charge in [0, 0.05) is 13.6 Å². The highest BCUT2D eigenvalue weighted by molar-refractivity contribution is 5.90. The molecule has 320 valence electrons. The number of nitrogens with one attached hydrogen (secondary N) is 1. The number of benzene rings is 6. The molecule has 0 saturated carbocycles. The first kappa shape index (κ1) is 47.5. The molecule has 0 radical (unpaired) electrons. The van der Waals surface area contributed by atoms with Crippen LogP contribution in [-0.4, -0.2) is 7.05 Å². The Hall–Kier alpha value is -7.52. The third kappa shape index (κ3) is 12.3. The van der Waals surface area contributed by atoms with Crippen LogP contribution in [0.3, 0.4) is 0 Å². The van der Waals surface area contributed by atoms with Crippen molar-refractivity contribution in [2.45, 2.75) is 32.2 Å². The Balaban J connectivity index is 0.000000241. The van der Waals surface area contributed by atoms with Gasteiger partial charge in [-0.15, -0.1) is 6.58 Å². The van der Waals surface area contributed by atoms with Gasteiger partial charge in [0.05, 0.1) is 5.41 Å². The van der Waals surface area contributed by atoms with Gasteiger partial charge in [-0.05, 0) is 105 Å². The summed E-state index contributed by atoms with van der Waals surface area (Å²) in [6.45, 7) is 16.6. The quantitative estimate of drug-likeness (QED) is 0.107. The van der Waals surface area contributed by atoms with Gasteiger partial charge in [0.2, 0.25) is 0 Å². The average Bonchev–Trinajstić information content (AvgIpc) is 3.64. The number of fused-ring (bicyclic) bond motifs is 7. The minimum Gasteiger partial charge on any atom is -0.394 e. The van der Waals surface area contributed by atoms with Gasteiger partial charge >= 0.3 is 0 Å². The molecule has 2 heteroatoms. The summed E-state index contributed by atoms with van der Waals surface area (Å²) in [5.41, 5.74) is 21.1. The van der Waals surface area contributed by atoms with Gasteiger partial charge in [0.25, 0.3) is 0 Å². The van der Waals surface area contributed by atoms with Gasteiger partial charge in [0.1, 0.15) is 0 Å². The van der Waals surface area contributed by atoms with Gasteiger partial charge in [-0.3, -0.25) is 0 Å². The number of rotatable bonds is 10. The van der Waals surface area contributed by atoms with Crippen LogP contribution in [0.25, 0.3) is 39.5 Å². The number of hydrogen-bond donors (Lipinski definition) is 2. The fourth-order valence-corrected chi connectivity index (χ4v) is 7.79. The fraction of sp³-hybridized carbons (Fsp3) is 0.0968. The van der Waals surface area contributed by atoms with Gasteiger partial charge in [0.15, 0.2) is 0 Å². The van der Waals surface area contributed by atoms with Gasteiger partial charge in [-0.25, -0.2) is 0 Å². The maximum absolute atomic E-state index is 5.35. The molecule has 8 rings (SSSR count). The minimum atomic E-state index is -0.443. The fourth-order valence-electron chi connectivity index (χ4n) is 7.79. The van der Waals surface area contributed by atoms with Crippen molar-refractivity contribution >= 4 is 6.08 Å². The molecule has 3 N–H and O–H groups in total. The monoisotopic (exact) mass is 834 g/mol. The third-order valence-electron chi connectivity index (χ3n) is 10.8. The Bertz CT molecular complexity index is 2660. The zero-order valence-corrected chi connectivity index (χ0v) is 37.7. The second kappa shape index (κ2) is 25.4. The van der Waals surface area contributed by atoms with Crippen molar-refractivity contribution in [2.75, 3.05) is 7.05 Å². The summed E-state index contributed by atoms with van der Waals surface area (Å²) in [6, 6.07) is 52.2. The van der Waals surface area contributed by atoms with Crippen LogP contribution < -0.4 is 11.1 Å². The van der Waals surface area contributed by atoms with Crippen LogP contribution in [0.4, 0.5) is 0 Å². The summed E-state index contributed by atoms with van der Waals surface area (Å²) < 4.78 is 0. The molecule has 0 aliphatic heterocycles. The molecule has 2 nitrogen and oxygen atoms in total. The van der Waals surface area contributed by atoms with Gasteiger partial charge in [-0.1, -0.05) is 243 Å². The SMILES string of the molecule is C=C/C=C\C=C/NC.C=C1/C=C\C=C/c2ccccc2C12c1ccccc1-c1ccc(-c3ccc(-c4cccc(C)c4)cc3)cc12.C=CC/C=C/C=C\C=C/C.NCc1ccccc1. The predicted molar refractivity (Wildman–Crippen MR) is 281 cm³/mol. The molecule has 0 saturated heterocycles. The zero-order chi connectivity index (χ0) is 45.4. The van der Waals surface area contributed by atoms with Crippen molar-refractivity contribution < 1.29 is 0 Å². The zero-order valence-electron chi connectivity index (χ0n) is 37.7. The molecule has 0 fully saturated rings. The Morgan fingerprint density at radius 2 is 1.20 bits per heavy atom. The van der Waals surface area contributed by atoms with Crippen LogP contribution in [0.1, 0.15) is 46.7 Å². The molecule has 1 atom stereocenters. The van der Waals surface area contributed by atoms with E-state index in [1.54, 1.807) is 6.08 Å². The Morgan fingerprint density at radius 3 is 1.88 bits per heavy atom. The summed E-state index contributed by atoms with van der Waals surface area (Å²) in [6.07, 6.45) is 32.8. The van der Waals surface area contributed by atoms with E-state index in [0.717, 1.165) is 12.0 Å². The molecule has 1 spiro atoms. The molecule has 0 aromatic heterocycles. The highest BCUT2D eigenvalue weighted by Gasteiger charge is 2.47. The van der Waals surface area contributed by atoms with E-state index in [1.807, 2.05) is 105 Å². The van der Waals surface area contributed by atoms with Crippen LogP contribution >= 0.6 is 0 Å². The van der Waals surface area contributed by atoms with E-state index in [0.29, 0.717) is 6.54 Å². The van der Waals surface area contributed by atoms with E-state index in [9.17, 15) is 0 Å². The number of nitrogens with two attached hydrogens (primary N) is 1. The topological polar surface area (TPSA) is 38.0 Å². The first-order valence-electron chi connectivity index (χ1n) is 21.9. The Morgan fingerprint density at radius 1 is 0.578 bits per heavy atom. The molecule has 6 aromatic carbocycles. The first-order chi connectivity index (χ1) is 31.4. The van der Waals surface area contributed by atoms with E-state index in [2.05, 4.69) is 178 Å². The lowest BCUT2D eigenvalue weighted by atomic mass is 9.65. The predicted octanol–water partition coefficient (Wildman–Crippen LogP) is 15.6. The summed E-state index contributed by atoms with van der Waals surface area (Å²) >= 11 is 0. The molecular formula is C62H62N2. The Kier molecular flexibility index (Phi) is 18.9. The number of allylic oxidation sites excluding steroid dienone is 15. The second-order valence-electron chi connectivity index (χ2n) is 15.2. The first-order valence-corrected chi connectivity index (χ1v) is 21.9. The van der Waals surface area contributed by atoms with E-state index in [1.165, 1.54) is 66.8 Å². The molecule has 2 aliphatic carbocycles. The van der Waals surface area contributed by atoms with Crippen LogP contribution in [0.15, 0.2) is 262 Å². The number of aryl methyl sites for hydroxylation is 1. The van der Waals surface area contributed by atoms with Crippen LogP contribution in [0.5, 0.6) is 0 Å². The lowest BCUT2D eigenvalue weighted by molar-refractivity contribution is 0.767. The third-order valence-corrected chi connectivity index (χ3v) is 10.8. The molecule has 0 bridgehead atoms. The molecule has 2 aliphatic rings. The average molecular weight is 835 g/mol. The molecule has 0 amide bonds. The molecule has 64 heavy (non-hydrogen) atoms. The lowest BCUT2D eigenvalue weighted by Gasteiger charge is -2.36. The van der Waals surface area contributed by atoms with Gasteiger partial charge < -0.3 is 11.1 Å². The Labute approximate surface area is 383 Å². The number of hydrogen-bond acceptors (Lipinski definition) is 2. The molecular weight excluding hydrogens is 773 g/mol. The second-order valence-corrected chi connectivity index (χ2v) is 15.2. The largest absolute Gasteiger partial charge is 0.394 e. The highest BCUT2D eigenvalue weighted by atomic mass is 14.8. The summed E-state index contributed by atoms with van der Waals surface area (Å²) in [4.78, 5) is 0. The van der Waals surface area contributed by atoms with Crippen LogP contribution in [0.2, 0.25) is 0 Å². The van der Waals surface area contributed by atoms with Crippen LogP contribution in [0, 0.1) is 6.92 Å². The van der Waals surface area contributed by atoms with E-state index >= 15 is 0 Å². The van der Waals surface area contributed by atoms with E-state index in [4.69, 9.17) is 5.73 Å². The standard InChI is InChI=1S/C38H28.C10H14.C7H9N.C7H11N/c1-26-10-9-14-31(24-26)28-18-20-29(21-19-28)32-22-23-34-33-15-6-8-17-36(33)38(37(34)25-32)27(2)11-3-4-12-30-13-5-7-16-35(30)38;1-3-5-7-9-10-8-6-4-2;8-6-7-4-2-1-3-5-7;1-3-4-5-6-7-8-2/h3-25H,2H2,1H3;3-4,6-10H,1,5H2,2H3;1-5H,6,8H2;3-8H,1H2,2H3/b11-3-,12-4-;6-4-,9-7+,10-8-;;5-4-,7-6-. The summed E-state index contributed by atoms with van der Waals surface area (Å²) in [7, 11) is 1.86. The van der Waals surface area contributed by atoms with Crippen molar-refractivity contribution in [2.24, 2.45) is 5.73 Å². The van der Waals surface area contributed by atoms with Crippen molar-refractivity contribution in [3.05, 3.63) is 296 Å². The van der Waals surface area contributed by atoms with E-state index in [-0.39, 0.29) is 0 Å². The maximum Gasteiger partial charge on any atom is 0.0713 e. The van der Waals surface area contributed by atoms with Crippen molar-refractivity contribution in [1.82, 2.24) is 5.32 Å². The molecule has 6 aromatic rings. The van der Waals surface area contributed by atoms with Crippen molar-refractivity contribution in [3.63, 3.8) is 0 Å². The maximum atomic E-state index is 5.35. The summed E-state index contributed by atoms with van der Waals surface area (Å²) in [5.74, 6) is 0. The minimum absolute atomic E-state index is 0.443.